The van der Waals surface area contributed by atoms with E-state index in [-0.39, 0.29) is 6.10 Å². The van der Waals surface area contributed by atoms with E-state index < -0.39 is 0 Å². The summed E-state index contributed by atoms with van der Waals surface area (Å²) >= 11 is 1.77. The average Bonchev–Trinajstić information content (AvgIpc) is 1.89. The van der Waals surface area contributed by atoms with Crippen molar-refractivity contribution >= 4 is 11.8 Å². The fourth-order valence-corrected chi connectivity index (χ4v) is 1.43. The first kappa shape index (κ1) is 10.3. The van der Waals surface area contributed by atoms with Crippen LogP contribution in [0.15, 0.2) is 0 Å². The third-order valence-electron chi connectivity index (χ3n) is 1.02. The molecular weight excluding hydrogens is 148 g/mol. The van der Waals surface area contributed by atoms with Gasteiger partial charge < -0.3 is 9.84 Å². The van der Waals surface area contributed by atoms with E-state index in [9.17, 15) is 0 Å². The molecule has 1 atom stereocenters. The predicted molar refractivity (Wildman–Crippen MR) is 45.5 cm³/mol. The zero-order valence-electron chi connectivity index (χ0n) is 6.67. The number of methoxy groups -OCH3 is 1. The lowest BCUT2D eigenvalue weighted by Crippen LogP contribution is -2.16. The maximum Gasteiger partial charge on any atom is 0.0863 e. The Labute approximate surface area is 67.0 Å². The fourth-order valence-electron chi connectivity index (χ4n) is 0.604. The second-order valence-electron chi connectivity index (χ2n) is 2.18. The van der Waals surface area contributed by atoms with E-state index in [2.05, 4.69) is 6.92 Å². The van der Waals surface area contributed by atoms with Crippen molar-refractivity contribution in [2.45, 2.75) is 19.4 Å². The van der Waals surface area contributed by atoms with Gasteiger partial charge in [-0.15, -0.1) is 0 Å². The molecule has 0 aromatic rings. The van der Waals surface area contributed by atoms with Crippen LogP contribution in [-0.4, -0.2) is 36.4 Å². The SMILES string of the molecule is CCCSCC(O)COC. The molecule has 0 bridgehead atoms. The minimum Gasteiger partial charge on any atom is -0.390 e. The van der Waals surface area contributed by atoms with Gasteiger partial charge in [0, 0.05) is 12.9 Å². The molecule has 0 spiro atoms. The molecule has 0 aromatic carbocycles. The van der Waals surface area contributed by atoms with Crippen LogP contribution in [0.1, 0.15) is 13.3 Å². The van der Waals surface area contributed by atoms with Gasteiger partial charge in [-0.3, -0.25) is 0 Å². The average molecular weight is 164 g/mol. The summed E-state index contributed by atoms with van der Waals surface area (Å²) in [6.07, 6.45) is 0.881. The second kappa shape index (κ2) is 7.38. The number of aliphatic hydroxyl groups excluding tert-OH is 1. The number of rotatable bonds is 6. The summed E-state index contributed by atoms with van der Waals surface area (Å²) in [5.41, 5.74) is 0. The molecule has 0 aliphatic rings. The van der Waals surface area contributed by atoms with Crippen LogP contribution < -0.4 is 0 Å². The van der Waals surface area contributed by atoms with Gasteiger partial charge in [0.15, 0.2) is 0 Å². The summed E-state index contributed by atoms with van der Waals surface area (Å²) in [5, 5.41) is 9.13. The Morgan fingerprint density at radius 3 is 2.80 bits per heavy atom. The van der Waals surface area contributed by atoms with Gasteiger partial charge in [0.1, 0.15) is 0 Å². The molecule has 0 fully saturated rings. The van der Waals surface area contributed by atoms with Crippen molar-refractivity contribution in [3.8, 4) is 0 Å². The van der Waals surface area contributed by atoms with Crippen LogP contribution in [0, 0.1) is 0 Å². The molecule has 2 nitrogen and oxygen atoms in total. The molecule has 0 heterocycles. The van der Waals surface area contributed by atoms with E-state index in [1.54, 1.807) is 18.9 Å². The Morgan fingerprint density at radius 1 is 1.60 bits per heavy atom. The molecule has 0 aliphatic heterocycles. The lowest BCUT2D eigenvalue weighted by atomic mass is 10.4. The molecule has 0 rings (SSSR count). The quantitative estimate of drug-likeness (QED) is 0.597. The summed E-state index contributed by atoms with van der Waals surface area (Å²) in [6, 6.07) is 0. The zero-order valence-corrected chi connectivity index (χ0v) is 7.49. The van der Waals surface area contributed by atoms with Crippen LogP contribution in [0.25, 0.3) is 0 Å². The van der Waals surface area contributed by atoms with Crippen molar-refractivity contribution in [3.05, 3.63) is 0 Å². The van der Waals surface area contributed by atoms with Crippen molar-refractivity contribution in [1.29, 1.82) is 0 Å². The van der Waals surface area contributed by atoms with E-state index >= 15 is 0 Å². The molecular formula is C7H16O2S. The first-order valence-electron chi connectivity index (χ1n) is 3.56. The van der Waals surface area contributed by atoms with Crippen molar-refractivity contribution in [3.63, 3.8) is 0 Å². The molecule has 10 heavy (non-hydrogen) atoms. The van der Waals surface area contributed by atoms with Crippen LogP contribution in [0.4, 0.5) is 0 Å². The van der Waals surface area contributed by atoms with E-state index in [0.29, 0.717) is 6.61 Å². The lowest BCUT2D eigenvalue weighted by molar-refractivity contribution is 0.0794. The summed E-state index contributed by atoms with van der Waals surface area (Å²) in [6.45, 7) is 2.59. The van der Waals surface area contributed by atoms with E-state index in [1.807, 2.05) is 0 Å². The van der Waals surface area contributed by atoms with Gasteiger partial charge in [-0.2, -0.15) is 11.8 Å². The van der Waals surface area contributed by atoms with Crippen LogP contribution >= 0.6 is 11.8 Å². The molecule has 62 valence electrons. The Bertz CT molecular complexity index is 68.6. The van der Waals surface area contributed by atoms with Crippen LogP contribution in [0.2, 0.25) is 0 Å². The topological polar surface area (TPSA) is 29.5 Å². The highest BCUT2D eigenvalue weighted by Crippen LogP contribution is 2.04. The second-order valence-corrected chi connectivity index (χ2v) is 3.33. The largest absolute Gasteiger partial charge is 0.390 e. The van der Waals surface area contributed by atoms with Crippen molar-refractivity contribution < 1.29 is 9.84 Å². The molecule has 0 saturated heterocycles. The monoisotopic (exact) mass is 164 g/mol. The molecule has 0 radical (unpaired) electrons. The molecule has 1 unspecified atom stereocenters. The van der Waals surface area contributed by atoms with Crippen LogP contribution in [0.3, 0.4) is 0 Å². The number of hydrogen-bond donors (Lipinski definition) is 1. The zero-order chi connectivity index (χ0) is 7.82. The highest BCUT2D eigenvalue weighted by atomic mass is 32.2. The van der Waals surface area contributed by atoms with Crippen molar-refractivity contribution in [2.75, 3.05) is 25.2 Å². The van der Waals surface area contributed by atoms with Crippen molar-refractivity contribution in [2.24, 2.45) is 0 Å². The van der Waals surface area contributed by atoms with Crippen LogP contribution in [-0.2, 0) is 4.74 Å². The van der Waals surface area contributed by atoms with Gasteiger partial charge in [0.05, 0.1) is 12.7 Å². The molecule has 1 N–H and O–H groups in total. The van der Waals surface area contributed by atoms with Crippen LogP contribution in [0.5, 0.6) is 0 Å². The van der Waals surface area contributed by atoms with Gasteiger partial charge in [0.25, 0.3) is 0 Å². The maximum absolute atomic E-state index is 9.13. The highest BCUT2D eigenvalue weighted by molar-refractivity contribution is 7.99. The number of thioether (sulfide) groups is 1. The molecule has 0 amide bonds. The summed E-state index contributed by atoms with van der Waals surface area (Å²) in [4.78, 5) is 0. The highest BCUT2D eigenvalue weighted by Gasteiger charge is 2.01. The first-order valence-corrected chi connectivity index (χ1v) is 4.71. The Balaban J connectivity index is 2.97. The standard InChI is InChI=1S/C7H16O2S/c1-3-4-10-6-7(8)5-9-2/h7-8H,3-6H2,1-2H3. The van der Waals surface area contributed by atoms with Crippen molar-refractivity contribution in [1.82, 2.24) is 0 Å². The lowest BCUT2D eigenvalue weighted by Gasteiger charge is -2.07. The molecule has 0 aliphatic carbocycles. The van der Waals surface area contributed by atoms with E-state index in [1.165, 1.54) is 6.42 Å². The minimum absolute atomic E-state index is 0.290. The number of ether oxygens (including phenoxy) is 1. The van der Waals surface area contributed by atoms with Gasteiger partial charge >= 0.3 is 0 Å². The fraction of sp³-hybridized carbons (Fsp3) is 1.00. The minimum atomic E-state index is -0.290. The summed E-state index contributed by atoms with van der Waals surface area (Å²) in [7, 11) is 1.60. The molecule has 0 aromatic heterocycles. The maximum atomic E-state index is 9.13. The molecule has 3 heteroatoms. The van der Waals surface area contributed by atoms with Gasteiger partial charge in [-0.25, -0.2) is 0 Å². The Morgan fingerprint density at radius 2 is 2.30 bits per heavy atom. The number of aliphatic hydroxyl groups is 1. The van der Waals surface area contributed by atoms with E-state index in [0.717, 1.165) is 11.5 Å². The number of hydrogen-bond acceptors (Lipinski definition) is 3. The summed E-state index contributed by atoms with van der Waals surface area (Å²) < 4.78 is 4.77. The smallest absolute Gasteiger partial charge is 0.0863 e. The Kier molecular flexibility index (Phi) is 7.58. The summed E-state index contributed by atoms with van der Waals surface area (Å²) in [5.74, 6) is 1.92. The first-order chi connectivity index (χ1) is 4.81. The molecule has 0 saturated carbocycles. The van der Waals surface area contributed by atoms with Gasteiger partial charge in [0.2, 0.25) is 0 Å². The third-order valence-corrected chi connectivity index (χ3v) is 2.34. The Hall–Kier alpha value is 0.270. The van der Waals surface area contributed by atoms with E-state index in [4.69, 9.17) is 9.84 Å². The predicted octanol–water partition coefficient (Wildman–Crippen LogP) is 1.14. The third kappa shape index (κ3) is 6.39. The van der Waals surface area contributed by atoms with Gasteiger partial charge in [-0.1, -0.05) is 6.92 Å². The van der Waals surface area contributed by atoms with Gasteiger partial charge in [-0.05, 0) is 12.2 Å². The normalized spacial score (nSPS) is 13.5.